The van der Waals surface area contributed by atoms with Gasteiger partial charge in [0.2, 0.25) is 5.91 Å². The third-order valence-electron chi connectivity index (χ3n) is 4.63. The quantitative estimate of drug-likeness (QED) is 0.808. The molecule has 1 aliphatic carbocycles. The Morgan fingerprint density at radius 1 is 1.25 bits per heavy atom. The number of amides is 1. The highest BCUT2D eigenvalue weighted by Gasteiger charge is 2.37. The molecule has 2 N–H and O–H groups in total. The summed E-state index contributed by atoms with van der Waals surface area (Å²) in [5.74, 6) is -1.16. The minimum atomic E-state index is -0.905. The van der Waals surface area contributed by atoms with Crippen LogP contribution in [0.4, 0.5) is 0 Å². The van der Waals surface area contributed by atoms with Crippen molar-refractivity contribution in [2.24, 2.45) is 11.8 Å². The lowest BCUT2D eigenvalue weighted by Gasteiger charge is -2.29. The molecule has 0 aromatic heterocycles. The average molecular weight is 283 g/mol. The van der Waals surface area contributed by atoms with E-state index in [4.69, 9.17) is 4.74 Å². The molecule has 0 spiro atoms. The molecule has 114 valence electrons. The Bertz CT molecular complexity index is 352. The van der Waals surface area contributed by atoms with Crippen LogP contribution in [0.2, 0.25) is 0 Å². The topological polar surface area (TPSA) is 75.6 Å². The molecule has 3 atom stereocenters. The van der Waals surface area contributed by atoms with Gasteiger partial charge in [-0.2, -0.15) is 0 Å². The van der Waals surface area contributed by atoms with Crippen LogP contribution in [0.25, 0.3) is 0 Å². The Kier molecular flexibility index (Phi) is 5.40. The minimum Gasteiger partial charge on any atom is -0.480 e. The van der Waals surface area contributed by atoms with Crippen molar-refractivity contribution >= 4 is 11.9 Å². The smallest absolute Gasteiger partial charge is 0.326 e. The zero-order valence-corrected chi connectivity index (χ0v) is 12.1. The van der Waals surface area contributed by atoms with Gasteiger partial charge in [0.1, 0.15) is 6.04 Å². The van der Waals surface area contributed by atoms with E-state index >= 15 is 0 Å². The molecular weight excluding hydrogens is 258 g/mol. The molecule has 1 saturated heterocycles. The fraction of sp³-hybridized carbons (Fsp3) is 0.867. The first kappa shape index (κ1) is 15.3. The molecule has 1 aliphatic heterocycles. The predicted octanol–water partition coefficient (Wildman–Crippen LogP) is 1.95. The maximum Gasteiger partial charge on any atom is 0.326 e. The Morgan fingerprint density at radius 2 is 1.95 bits per heavy atom. The molecule has 2 fully saturated rings. The molecule has 1 heterocycles. The number of carboxylic acid groups (broad SMARTS) is 1. The first-order valence-electron chi connectivity index (χ1n) is 7.78. The van der Waals surface area contributed by atoms with E-state index in [1.54, 1.807) is 0 Å². The average Bonchev–Trinajstić information content (AvgIpc) is 2.93. The molecule has 5 nitrogen and oxygen atoms in total. The van der Waals surface area contributed by atoms with Crippen molar-refractivity contribution in [3.8, 4) is 0 Å². The second-order valence-electron chi connectivity index (χ2n) is 5.94. The molecular formula is C15H25NO4. The molecule has 0 aromatic carbocycles. The van der Waals surface area contributed by atoms with Crippen LogP contribution < -0.4 is 5.32 Å². The Balaban J connectivity index is 1.96. The highest BCUT2D eigenvalue weighted by molar-refractivity contribution is 5.85. The zero-order valence-electron chi connectivity index (χ0n) is 12.1. The molecule has 2 rings (SSSR count). The largest absolute Gasteiger partial charge is 0.480 e. The Labute approximate surface area is 120 Å². The van der Waals surface area contributed by atoms with Gasteiger partial charge in [-0.25, -0.2) is 4.79 Å². The van der Waals surface area contributed by atoms with Crippen LogP contribution in [0.3, 0.4) is 0 Å². The van der Waals surface area contributed by atoms with Gasteiger partial charge in [0.25, 0.3) is 0 Å². The van der Waals surface area contributed by atoms with E-state index in [0.29, 0.717) is 13.0 Å². The van der Waals surface area contributed by atoms with Gasteiger partial charge >= 0.3 is 5.97 Å². The molecule has 20 heavy (non-hydrogen) atoms. The lowest BCUT2D eigenvalue weighted by atomic mass is 9.83. The fourth-order valence-electron chi connectivity index (χ4n) is 3.46. The van der Waals surface area contributed by atoms with Gasteiger partial charge in [-0.05, 0) is 31.6 Å². The van der Waals surface area contributed by atoms with Crippen LogP contribution in [0.1, 0.15) is 51.9 Å². The number of carbonyl (C=O) groups excluding carboxylic acids is 1. The van der Waals surface area contributed by atoms with Crippen LogP contribution in [-0.2, 0) is 14.3 Å². The summed E-state index contributed by atoms with van der Waals surface area (Å²) in [4.78, 5) is 23.8. The number of nitrogens with one attached hydrogen (secondary N) is 1. The minimum absolute atomic E-state index is 0.0594. The summed E-state index contributed by atoms with van der Waals surface area (Å²) in [5.41, 5.74) is 0. The molecule has 1 amide bonds. The highest BCUT2D eigenvalue weighted by Crippen LogP contribution is 2.28. The van der Waals surface area contributed by atoms with E-state index in [1.165, 1.54) is 6.42 Å². The number of rotatable bonds is 5. The molecule has 2 aliphatic rings. The number of hydrogen-bond donors (Lipinski definition) is 2. The van der Waals surface area contributed by atoms with Crippen LogP contribution >= 0.6 is 0 Å². The normalized spacial score (nSPS) is 29.1. The van der Waals surface area contributed by atoms with Gasteiger partial charge < -0.3 is 15.2 Å². The van der Waals surface area contributed by atoms with Crippen molar-refractivity contribution in [1.29, 1.82) is 0 Å². The van der Waals surface area contributed by atoms with Gasteiger partial charge in [-0.3, -0.25) is 4.79 Å². The van der Waals surface area contributed by atoms with Gasteiger partial charge in [-0.1, -0.05) is 26.2 Å². The lowest BCUT2D eigenvalue weighted by Crippen LogP contribution is -2.49. The third-order valence-corrected chi connectivity index (χ3v) is 4.63. The predicted molar refractivity (Wildman–Crippen MR) is 74.3 cm³/mol. The van der Waals surface area contributed by atoms with Crippen molar-refractivity contribution in [2.75, 3.05) is 6.61 Å². The number of carboxylic acids is 1. The second-order valence-corrected chi connectivity index (χ2v) is 5.94. The summed E-state index contributed by atoms with van der Waals surface area (Å²) in [6.45, 7) is 2.59. The first-order valence-corrected chi connectivity index (χ1v) is 7.78. The zero-order chi connectivity index (χ0) is 14.5. The number of carbonyl (C=O) groups is 2. The summed E-state index contributed by atoms with van der Waals surface area (Å²) in [7, 11) is 0. The molecule has 3 unspecified atom stereocenters. The standard InChI is InChI=1S/C15H25NO4/c1-2-12-11(8-9-20-12)14(17)16-13(15(18)19)10-6-4-3-5-7-10/h10-13H,2-9H2,1H3,(H,16,17)(H,18,19). The SMILES string of the molecule is CCC1OCCC1C(=O)NC(C(=O)O)C1CCCCC1. The van der Waals surface area contributed by atoms with Crippen molar-refractivity contribution < 1.29 is 19.4 Å². The number of ether oxygens (including phenoxy) is 1. The van der Waals surface area contributed by atoms with Crippen LogP contribution in [0, 0.1) is 11.8 Å². The fourth-order valence-corrected chi connectivity index (χ4v) is 3.46. The summed E-state index contributed by atoms with van der Waals surface area (Å²) in [6, 6.07) is -0.735. The van der Waals surface area contributed by atoms with Crippen molar-refractivity contribution in [3.63, 3.8) is 0 Å². The van der Waals surface area contributed by atoms with E-state index in [2.05, 4.69) is 5.32 Å². The van der Waals surface area contributed by atoms with Gasteiger partial charge in [0, 0.05) is 6.61 Å². The number of hydrogen-bond acceptors (Lipinski definition) is 3. The highest BCUT2D eigenvalue weighted by atomic mass is 16.5. The monoisotopic (exact) mass is 283 g/mol. The Hall–Kier alpha value is -1.10. The van der Waals surface area contributed by atoms with Crippen molar-refractivity contribution in [1.82, 2.24) is 5.32 Å². The molecule has 0 radical (unpaired) electrons. The second kappa shape index (κ2) is 7.07. The van der Waals surface area contributed by atoms with Gasteiger partial charge in [0.15, 0.2) is 0 Å². The van der Waals surface area contributed by atoms with Gasteiger partial charge in [-0.15, -0.1) is 0 Å². The van der Waals surface area contributed by atoms with Crippen LogP contribution in [0.15, 0.2) is 0 Å². The summed E-state index contributed by atoms with van der Waals surface area (Å²) in [6.07, 6.45) is 6.52. The maximum atomic E-state index is 12.3. The summed E-state index contributed by atoms with van der Waals surface area (Å²) in [5, 5.41) is 12.2. The third kappa shape index (κ3) is 3.51. The molecule has 0 bridgehead atoms. The van der Waals surface area contributed by atoms with Gasteiger partial charge in [0.05, 0.1) is 12.0 Å². The van der Waals surface area contributed by atoms with Crippen LogP contribution in [-0.4, -0.2) is 35.7 Å². The molecule has 0 aromatic rings. The van der Waals surface area contributed by atoms with E-state index in [0.717, 1.165) is 32.1 Å². The number of aliphatic carboxylic acids is 1. The van der Waals surface area contributed by atoms with Crippen LogP contribution in [0.5, 0.6) is 0 Å². The van der Waals surface area contributed by atoms with E-state index in [-0.39, 0.29) is 23.8 Å². The lowest BCUT2D eigenvalue weighted by molar-refractivity contribution is -0.145. The molecule has 5 heteroatoms. The molecule has 1 saturated carbocycles. The van der Waals surface area contributed by atoms with E-state index in [9.17, 15) is 14.7 Å². The van der Waals surface area contributed by atoms with Crippen molar-refractivity contribution in [3.05, 3.63) is 0 Å². The van der Waals surface area contributed by atoms with Crippen molar-refractivity contribution in [2.45, 2.75) is 64.0 Å². The maximum absolute atomic E-state index is 12.3. The Morgan fingerprint density at radius 3 is 2.55 bits per heavy atom. The van der Waals surface area contributed by atoms with E-state index in [1.807, 2.05) is 6.92 Å². The summed E-state index contributed by atoms with van der Waals surface area (Å²) >= 11 is 0. The van der Waals surface area contributed by atoms with E-state index < -0.39 is 12.0 Å². The summed E-state index contributed by atoms with van der Waals surface area (Å²) < 4.78 is 5.52. The first-order chi connectivity index (χ1) is 9.63.